The van der Waals surface area contributed by atoms with Gasteiger partial charge in [0.2, 0.25) is 5.43 Å². The van der Waals surface area contributed by atoms with Crippen LogP contribution < -0.4 is 15.2 Å². The van der Waals surface area contributed by atoms with Crippen molar-refractivity contribution in [3.05, 3.63) is 216 Å². The summed E-state index contributed by atoms with van der Waals surface area (Å²) in [6.45, 7) is 0. The summed E-state index contributed by atoms with van der Waals surface area (Å²) in [5.41, 5.74) is 11.6. The first-order chi connectivity index (χ1) is 26.2. The number of fused-ring (bicyclic) bond motifs is 2. The highest BCUT2D eigenvalue weighted by atomic mass is 16.3. The van der Waals surface area contributed by atoms with Crippen molar-refractivity contribution in [2.75, 3.05) is 9.80 Å². The van der Waals surface area contributed by atoms with Gasteiger partial charge in [-0.15, -0.1) is 0 Å². The lowest BCUT2D eigenvalue weighted by atomic mass is 10.0. The molecule has 0 saturated carbocycles. The lowest BCUT2D eigenvalue weighted by Gasteiger charge is -2.25. The Labute approximate surface area is 308 Å². The average molecular weight is 683 g/mol. The maximum atomic E-state index is 13.7. The fourth-order valence-electron chi connectivity index (χ4n) is 7.02. The molecule has 9 aromatic rings. The molecule has 1 heterocycles. The van der Waals surface area contributed by atoms with E-state index in [1.807, 2.05) is 60.7 Å². The maximum absolute atomic E-state index is 13.7. The normalized spacial score (nSPS) is 11.1. The van der Waals surface area contributed by atoms with Gasteiger partial charge in [-0.1, -0.05) is 109 Å². The van der Waals surface area contributed by atoms with Crippen molar-refractivity contribution in [1.29, 1.82) is 0 Å². The predicted molar refractivity (Wildman–Crippen MR) is 220 cm³/mol. The van der Waals surface area contributed by atoms with Crippen molar-refractivity contribution < 1.29 is 4.42 Å². The third-order valence-corrected chi connectivity index (χ3v) is 9.65. The quantitative estimate of drug-likeness (QED) is 0.150. The number of hydrogen-bond donors (Lipinski definition) is 0. The third kappa shape index (κ3) is 6.24. The smallest absolute Gasteiger partial charge is 0.200 e. The number of nitrogens with zero attached hydrogens (tertiary/aromatic N) is 2. The lowest BCUT2D eigenvalue weighted by Crippen LogP contribution is -2.09. The molecule has 4 nitrogen and oxygen atoms in total. The van der Waals surface area contributed by atoms with E-state index in [4.69, 9.17) is 4.42 Å². The van der Waals surface area contributed by atoms with Gasteiger partial charge in [-0.3, -0.25) is 4.79 Å². The summed E-state index contributed by atoms with van der Waals surface area (Å²) in [6, 6.07) is 70.1. The number of anilines is 6. The number of hydrogen-bond acceptors (Lipinski definition) is 4. The van der Waals surface area contributed by atoms with Crippen molar-refractivity contribution in [1.82, 2.24) is 0 Å². The Hall–Kier alpha value is -7.17. The first-order valence-electron chi connectivity index (χ1n) is 17.7. The van der Waals surface area contributed by atoms with E-state index in [-0.39, 0.29) is 5.43 Å². The van der Waals surface area contributed by atoms with Crippen LogP contribution in [0.2, 0.25) is 0 Å². The molecule has 8 aromatic carbocycles. The molecule has 0 fully saturated rings. The van der Waals surface area contributed by atoms with Crippen molar-refractivity contribution in [2.24, 2.45) is 0 Å². The van der Waals surface area contributed by atoms with Crippen LogP contribution >= 0.6 is 0 Å². The summed E-state index contributed by atoms with van der Waals surface area (Å²) in [5.74, 6) is 0. The second kappa shape index (κ2) is 13.9. The molecule has 53 heavy (non-hydrogen) atoms. The van der Waals surface area contributed by atoms with Crippen molar-refractivity contribution in [3.63, 3.8) is 0 Å². The third-order valence-electron chi connectivity index (χ3n) is 9.65. The monoisotopic (exact) mass is 682 g/mol. The Balaban J connectivity index is 1.04. The topological polar surface area (TPSA) is 36.7 Å². The zero-order valence-corrected chi connectivity index (χ0v) is 28.8. The van der Waals surface area contributed by atoms with Crippen LogP contribution in [0.1, 0.15) is 0 Å². The van der Waals surface area contributed by atoms with Gasteiger partial charge in [0.1, 0.15) is 11.2 Å². The molecule has 0 amide bonds. The highest BCUT2D eigenvalue weighted by Gasteiger charge is 2.15. The van der Waals surface area contributed by atoms with Crippen LogP contribution in [0.5, 0.6) is 0 Å². The van der Waals surface area contributed by atoms with Gasteiger partial charge in [-0.05, 0) is 119 Å². The second-order valence-corrected chi connectivity index (χ2v) is 13.0. The first-order valence-corrected chi connectivity index (χ1v) is 17.7. The SMILES string of the molecule is O=c1c2ccc(-c3ccc(N(c4ccccc4)c4ccccc4)cc3)cc2oc2cc(-c3ccc(N(c4ccccc4)c4ccccc4)cc3)ccc12. The summed E-state index contributed by atoms with van der Waals surface area (Å²) in [7, 11) is 0. The van der Waals surface area contributed by atoms with Crippen LogP contribution in [0.25, 0.3) is 44.2 Å². The fourth-order valence-corrected chi connectivity index (χ4v) is 7.02. The van der Waals surface area contributed by atoms with Crippen molar-refractivity contribution in [3.8, 4) is 22.3 Å². The molecule has 0 spiro atoms. The molecule has 0 bridgehead atoms. The Bertz CT molecular complexity index is 2450. The van der Waals surface area contributed by atoms with Gasteiger partial charge in [0.25, 0.3) is 0 Å². The largest absolute Gasteiger partial charge is 0.456 e. The van der Waals surface area contributed by atoms with E-state index in [0.717, 1.165) is 56.4 Å². The van der Waals surface area contributed by atoms with Gasteiger partial charge in [0.05, 0.1) is 10.8 Å². The minimum absolute atomic E-state index is 0.0345. The Morgan fingerprint density at radius 1 is 0.302 bits per heavy atom. The van der Waals surface area contributed by atoms with E-state index in [9.17, 15) is 4.79 Å². The lowest BCUT2D eigenvalue weighted by molar-refractivity contribution is 0.660. The van der Waals surface area contributed by atoms with Gasteiger partial charge in [0.15, 0.2) is 0 Å². The van der Waals surface area contributed by atoms with Crippen molar-refractivity contribution in [2.45, 2.75) is 0 Å². The molecule has 1 aromatic heterocycles. The van der Waals surface area contributed by atoms with Gasteiger partial charge in [-0.2, -0.15) is 0 Å². The van der Waals surface area contributed by atoms with E-state index in [1.165, 1.54) is 0 Å². The molecule has 0 aliphatic heterocycles. The zero-order valence-electron chi connectivity index (χ0n) is 28.8. The molecule has 0 N–H and O–H groups in total. The van der Waals surface area contributed by atoms with E-state index < -0.39 is 0 Å². The molecule has 0 aliphatic carbocycles. The Morgan fingerprint density at radius 2 is 0.585 bits per heavy atom. The molecule has 4 heteroatoms. The van der Waals surface area contributed by atoms with Crippen LogP contribution in [0.15, 0.2) is 215 Å². The average Bonchev–Trinajstić information content (AvgIpc) is 3.23. The summed E-state index contributed by atoms with van der Waals surface area (Å²) < 4.78 is 6.49. The summed E-state index contributed by atoms with van der Waals surface area (Å²) in [5, 5.41) is 1.13. The van der Waals surface area contributed by atoms with Crippen molar-refractivity contribution >= 4 is 56.1 Å². The molecule has 9 rings (SSSR count). The van der Waals surface area contributed by atoms with Crippen LogP contribution in [-0.2, 0) is 0 Å². The molecule has 0 unspecified atom stereocenters. The number of rotatable bonds is 8. The zero-order chi connectivity index (χ0) is 35.6. The molecule has 0 atom stereocenters. The molecule has 0 radical (unpaired) electrons. The van der Waals surface area contributed by atoms with E-state index >= 15 is 0 Å². The van der Waals surface area contributed by atoms with E-state index in [2.05, 4.69) is 155 Å². The highest BCUT2D eigenvalue weighted by molar-refractivity contribution is 5.94. The fraction of sp³-hybridized carbons (Fsp3) is 0. The Morgan fingerprint density at radius 3 is 0.906 bits per heavy atom. The van der Waals surface area contributed by atoms with Crippen LogP contribution in [0.4, 0.5) is 34.1 Å². The van der Waals surface area contributed by atoms with Crippen LogP contribution in [0.3, 0.4) is 0 Å². The Kier molecular flexibility index (Phi) is 8.31. The molecular weight excluding hydrogens is 649 g/mol. The van der Waals surface area contributed by atoms with Gasteiger partial charge >= 0.3 is 0 Å². The minimum Gasteiger partial charge on any atom is -0.456 e. The second-order valence-electron chi connectivity index (χ2n) is 13.0. The predicted octanol–water partition coefficient (Wildman–Crippen LogP) is 13.2. The van der Waals surface area contributed by atoms with E-state index in [1.54, 1.807) is 0 Å². The summed E-state index contributed by atoms with van der Waals surface area (Å²) in [4.78, 5) is 18.2. The number of benzene rings is 8. The maximum Gasteiger partial charge on any atom is 0.200 e. The van der Waals surface area contributed by atoms with Crippen LogP contribution in [-0.4, -0.2) is 0 Å². The highest BCUT2D eigenvalue weighted by Crippen LogP contribution is 2.37. The minimum atomic E-state index is -0.0345. The molecule has 0 saturated heterocycles. The van der Waals surface area contributed by atoms with E-state index in [0.29, 0.717) is 21.9 Å². The first kappa shape index (κ1) is 31.8. The summed E-state index contributed by atoms with van der Waals surface area (Å²) in [6.07, 6.45) is 0. The standard InChI is InChI=1S/C49H34N2O2/c52-49-45-31-25-37(35-21-27-43(28-22-35)50(39-13-5-1-6-14-39)40-15-7-2-8-16-40)33-47(45)53-48-34-38(26-32-46(48)49)36-23-29-44(30-24-36)51(41-17-9-3-10-18-41)42-19-11-4-12-20-42/h1-34H. The molecular formula is C49H34N2O2. The molecule has 0 aliphatic rings. The van der Waals surface area contributed by atoms with Crippen LogP contribution in [0, 0.1) is 0 Å². The molecule has 252 valence electrons. The summed E-state index contributed by atoms with van der Waals surface area (Å²) >= 11 is 0. The van der Waals surface area contributed by atoms with Gasteiger partial charge in [0, 0.05) is 34.1 Å². The number of para-hydroxylation sites is 4. The van der Waals surface area contributed by atoms with Gasteiger partial charge < -0.3 is 14.2 Å². The van der Waals surface area contributed by atoms with Gasteiger partial charge in [-0.25, -0.2) is 0 Å².